The minimum atomic E-state index is -4.41. The van der Waals surface area contributed by atoms with Gasteiger partial charge in [-0.1, -0.05) is 28.1 Å². The van der Waals surface area contributed by atoms with Crippen molar-refractivity contribution < 1.29 is 13.2 Å². The largest absolute Gasteiger partial charge is 0.406 e. The predicted molar refractivity (Wildman–Crippen MR) is 69.9 cm³/mol. The van der Waals surface area contributed by atoms with E-state index in [0.717, 1.165) is 10.7 Å². The molecule has 0 fully saturated rings. The molecule has 0 aliphatic rings. The highest BCUT2D eigenvalue weighted by Gasteiger charge is 2.28. The molecule has 0 unspecified atom stereocenters. The quantitative estimate of drug-likeness (QED) is 0.819. The zero-order valence-corrected chi connectivity index (χ0v) is 11.2. The molecule has 0 spiro atoms. The van der Waals surface area contributed by atoms with Gasteiger partial charge in [-0.2, -0.15) is 13.2 Å². The van der Waals surface area contributed by atoms with Crippen LogP contribution in [0.5, 0.6) is 0 Å². The van der Waals surface area contributed by atoms with Gasteiger partial charge < -0.3 is 4.57 Å². The fourth-order valence-corrected chi connectivity index (χ4v) is 1.97. The number of hydrogen-bond acceptors (Lipinski definition) is 1. The van der Waals surface area contributed by atoms with Crippen molar-refractivity contribution in [1.82, 2.24) is 4.57 Å². The Labute approximate surface area is 115 Å². The molecule has 100 valence electrons. The van der Waals surface area contributed by atoms with Crippen molar-refractivity contribution in [2.75, 3.05) is 0 Å². The van der Waals surface area contributed by atoms with Crippen LogP contribution in [0, 0.1) is 0 Å². The lowest BCUT2D eigenvalue weighted by molar-refractivity contribution is -0.141. The van der Waals surface area contributed by atoms with Crippen LogP contribution in [0.4, 0.5) is 13.2 Å². The Morgan fingerprint density at radius 2 is 1.74 bits per heavy atom. The van der Waals surface area contributed by atoms with Gasteiger partial charge in [0.2, 0.25) is 0 Å². The molecule has 0 amide bonds. The summed E-state index contributed by atoms with van der Waals surface area (Å²) in [5.41, 5.74) is 0.186. The monoisotopic (exact) mass is 331 g/mol. The van der Waals surface area contributed by atoms with Gasteiger partial charge in [-0.05, 0) is 29.8 Å². The first-order valence-electron chi connectivity index (χ1n) is 5.39. The molecular formula is C13H9BrF3NO. The van der Waals surface area contributed by atoms with Gasteiger partial charge in [0, 0.05) is 16.2 Å². The van der Waals surface area contributed by atoms with Gasteiger partial charge in [-0.15, -0.1) is 0 Å². The highest BCUT2D eigenvalue weighted by atomic mass is 79.9. The molecule has 1 heterocycles. The van der Waals surface area contributed by atoms with E-state index in [2.05, 4.69) is 15.9 Å². The van der Waals surface area contributed by atoms with E-state index in [4.69, 9.17) is 0 Å². The van der Waals surface area contributed by atoms with Crippen LogP contribution < -0.4 is 5.56 Å². The van der Waals surface area contributed by atoms with E-state index in [0.29, 0.717) is 10.1 Å². The van der Waals surface area contributed by atoms with Crippen LogP contribution in [0.25, 0.3) is 11.1 Å². The SMILES string of the molecule is O=c1c(-c2ccc(Br)cc2)cccn1CC(F)(F)F. The summed E-state index contributed by atoms with van der Waals surface area (Å²) in [6, 6.07) is 9.77. The predicted octanol–water partition coefficient (Wildman–Crippen LogP) is 3.84. The topological polar surface area (TPSA) is 22.0 Å². The molecule has 0 atom stereocenters. The number of pyridine rings is 1. The first-order valence-corrected chi connectivity index (χ1v) is 6.18. The normalized spacial score (nSPS) is 11.6. The van der Waals surface area contributed by atoms with E-state index in [9.17, 15) is 18.0 Å². The summed E-state index contributed by atoms with van der Waals surface area (Å²) in [4.78, 5) is 12.0. The fraction of sp³-hybridized carbons (Fsp3) is 0.154. The Balaban J connectivity index is 2.46. The average molecular weight is 332 g/mol. The van der Waals surface area contributed by atoms with Gasteiger partial charge in [0.1, 0.15) is 6.54 Å². The van der Waals surface area contributed by atoms with E-state index in [1.807, 2.05) is 0 Å². The van der Waals surface area contributed by atoms with Crippen molar-refractivity contribution >= 4 is 15.9 Å². The summed E-state index contributed by atoms with van der Waals surface area (Å²) in [6.45, 7) is -1.28. The first-order chi connectivity index (χ1) is 8.87. The molecule has 0 saturated heterocycles. The summed E-state index contributed by atoms with van der Waals surface area (Å²) < 4.78 is 38.5. The van der Waals surface area contributed by atoms with Crippen LogP contribution in [0.3, 0.4) is 0 Å². The zero-order chi connectivity index (χ0) is 14.0. The van der Waals surface area contributed by atoms with Crippen LogP contribution in [0.2, 0.25) is 0 Å². The van der Waals surface area contributed by atoms with Crippen LogP contribution in [-0.2, 0) is 6.54 Å². The minimum absolute atomic E-state index is 0.249. The Bertz CT molecular complexity index is 632. The fourth-order valence-electron chi connectivity index (χ4n) is 1.70. The van der Waals surface area contributed by atoms with Gasteiger partial charge in [-0.3, -0.25) is 4.79 Å². The van der Waals surface area contributed by atoms with Gasteiger partial charge >= 0.3 is 6.18 Å². The maximum absolute atomic E-state index is 12.3. The summed E-state index contributed by atoms with van der Waals surface area (Å²) in [5.74, 6) is 0. The molecule has 2 aromatic rings. The van der Waals surface area contributed by atoms with E-state index in [-0.39, 0.29) is 5.56 Å². The molecule has 0 radical (unpaired) electrons. The second-order valence-electron chi connectivity index (χ2n) is 3.98. The minimum Gasteiger partial charge on any atom is -0.306 e. The number of nitrogens with zero attached hydrogens (tertiary/aromatic N) is 1. The smallest absolute Gasteiger partial charge is 0.306 e. The molecule has 0 aliphatic heterocycles. The van der Waals surface area contributed by atoms with Crippen molar-refractivity contribution in [2.24, 2.45) is 0 Å². The molecule has 1 aromatic carbocycles. The molecular weight excluding hydrogens is 323 g/mol. The van der Waals surface area contributed by atoms with Crippen molar-refractivity contribution in [2.45, 2.75) is 12.7 Å². The Hall–Kier alpha value is -1.56. The van der Waals surface area contributed by atoms with Gasteiger partial charge in [-0.25, -0.2) is 0 Å². The lowest BCUT2D eigenvalue weighted by atomic mass is 10.1. The van der Waals surface area contributed by atoms with Crippen LogP contribution >= 0.6 is 15.9 Å². The van der Waals surface area contributed by atoms with E-state index >= 15 is 0 Å². The Kier molecular flexibility index (Phi) is 3.80. The van der Waals surface area contributed by atoms with Crippen molar-refractivity contribution in [1.29, 1.82) is 0 Å². The molecule has 1 aromatic heterocycles. The lowest BCUT2D eigenvalue weighted by Crippen LogP contribution is -2.28. The first kappa shape index (κ1) is 13.9. The van der Waals surface area contributed by atoms with Gasteiger partial charge in [0.05, 0.1) is 0 Å². The van der Waals surface area contributed by atoms with Crippen LogP contribution in [-0.4, -0.2) is 10.7 Å². The zero-order valence-electron chi connectivity index (χ0n) is 9.62. The summed E-state index contributed by atoms with van der Waals surface area (Å²) in [5, 5.41) is 0. The third-order valence-electron chi connectivity index (χ3n) is 2.53. The lowest BCUT2D eigenvalue weighted by Gasteiger charge is -2.10. The summed E-state index contributed by atoms with van der Waals surface area (Å²) >= 11 is 3.26. The molecule has 19 heavy (non-hydrogen) atoms. The standard InChI is InChI=1S/C13H9BrF3NO/c14-10-5-3-9(4-6-10)11-2-1-7-18(12(11)19)8-13(15,16)17/h1-7H,8H2. The molecule has 0 aliphatic carbocycles. The van der Waals surface area contributed by atoms with Gasteiger partial charge in [0.25, 0.3) is 5.56 Å². The number of benzene rings is 1. The van der Waals surface area contributed by atoms with E-state index in [1.54, 1.807) is 24.3 Å². The number of alkyl halides is 3. The van der Waals surface area contributed by atoms with E-state index < -0.39 is 18.3 Å². The molecule has 6 heteroatoms. The number of aromatic nitrogens is 1. The number of hydrogen-bond donors (Lipinski definition) is 0. The molecule has 0 N–H and O–H groups in total. The van der Waals surface area contributed by atoms with Crippen LogP contribution in [0.15, 0.2) is 51.9 Å². The third kappa shape index (κ3) is 3.47. The molecule has 2 rings (SSSR count). The van der Waals surface area contributed by atoms with E-state index in [1.165, 1.54) is 12.1 Å². The molecule has 0 bridgehead atoms. The Morgan fingerprint density at radius 1 is 1.11 bits per heavy atom. The highest BCUT2D eigenvalue weighted by Crippen LogP contribution is 2.20. The maximum atomic E-state index is 12.3. The maximum Gasteiger partial charge on any atom is 0.406 e. The number of rotatable bonds is 2. The number of halogens is 4. The summed E-state index contributed by atoms with van der Waals surface area (Å²) in [6.07, 6.45) is -3.28. The average Bonchev–Trinajstić information content (AvgIpc) is 2.32. The molecule has 2 nitrogen and oxygen atoms in total. The summed E-state index contributed by atoms with van der Waals surface area (Å²) in [7, 11) is 0. The van der Waals surface area contributed by atoms with Crippen molar-refractivity contribution in [3.8, 4) is 11.1 Å². The van der Waals surface area contributed by atoms with Crippen molar-refractivity contribution in [3.05, 3.63) is 57.4 Å². The Morgan fingerprint density at radius 3 is 2.32 bits per heavy atom. The second-order valence-corrected chi connectivity index (χ2v) is 4.89. The van der Waals surface area contributed by atoms with Gasteiger partial charge in [0.15, 0.2) is 0 Å². The second kappa shape index (κ2) is 5.21. The molecule has 0 saturated carbocycles. The van der Waals surface area contributed by atoms with Crippen molar-refractivity contribution in [3.63, 3.8) is 0 Å². The van der Waals surface area contributed by atoms with Crippen LogP contribution in [0.1, 0.15) is 0 Å². The third-order valence-corrected chi connectivity index (χ3v) is 3.05. The highest BCUT2D eigenvalue weighted by molar-refractivity contribution is 9.10.